The quantitative estimate of drug-likeness (QED) is 0.367. The summed E-state index contributed by atoms with van der Waals surface area (Å²) in [6.45, 7) is 12.2. The average Bonchev–Trinajstić information content (AvgIpc) is 3.65. The van der Waals surface area contributed by atoms with Gasteiger partial charge in [0, 0.05) is 6.42 Å². The van der Waals surface area contributed by atoms with Crippen molar-refractivity contribution in [1.82, 2.24) is 19.9 Å². The minimum Gasteiger partial charge on any atom is -0.463 e. The first-order valence-corrected chi connectivity index (χ1v) is 16.4. The summed E-state index contributed by atoms with van der Waals surface area (Å²) in [6.07, 6.45) is 4.01. The van der Waals surface area contributed by atoms with Gasteiger partial charge in [0.1, 0.15) is 54.5 Å². The van der Waals surface area contributed by atoms with Crippen molar-refractivity contribution in [2.75, 3.05) is 11.9 Å². The lowest BCUT2D eigenvalue weighted by Crippen LogP contribution is -2.48. The molecule has 0 spiro atoms. The van der Waals surface area contributed by atoms with E-state index in [1.165, 1.54) is 17.3 Å². The Morgan fingerprint density at radius 3 is 2.51 bits per heavy atom. The fourth-order valence-electron chi connectivity index (χ4n) is 6.57. The van der Waals surface area contributed by atoms with Gasteiger partial charge in [0.05, 0.1) is 5.69 Å². The molecule has 3 fully saturated rings. The Hall–Kier alpha value is -3.80. The van der Waals surface area contributed by atoms with E-state index in [9.17, 15) is 19.6 Å². The number of ether oxygens (including phenoxy) is 5. The van der Waals surface area contributed by atoms with Gasteiger partial charge in [-0.25, -0.2) is 14.3 Å². The van der Waals surface area contributed by atoms with Gasteiger partial charge in [0.25, 0.3) is 0 Å². The maximum atomic E-state index is 13.4. The van der Waals surface area contributed by atoms with Gasteiger partial charge in [-0.1, -0.05) is 33.1 Å². The molecular formula is C33H46N6O8. The van der Waals surface area contributed by atoms with Gasteiger partial charge in [-0.3, -0.25) is 9.59 Å². The van der Waals surface area contributed by atoms with E-state index in [2.05, 4.69) is 26.8 Å². The van der Waals surface area contributed by atoms with E-state index in [1.54, 1.807) is 60.6 Å². The van der Waals surface area contributed by atoms with Crippen molar-refractivity contribution in [2.24, 2.45) is 11.8 Å². The van der Waals surface area contributed by atoms with Crippen molar-refractivity contribution in [3.8, 4) is 6.07 Å². The first kappa shape index (κ1) is 34.5. The van der Waals surface area contributed by atoms with Crippen LogP contribution < -0.4 is 10.6 Å². The normalized spacial score (nSPS) is 26.4. The number of hydrogen-bond donors (Lipinski definition) is 2. The van der Waals surface area contributed by atoms with Crippen LogP contribution in [0.1, 0.15) is 92.7 Å². The second-order valence-corrected chi connectivity index (χ2v) is 14.4. The highest BCUT2D eigenvalue weighted by Crippen LogP contribution is 2.49. The lowest BCUT2D eigenvalue weighted by molar-refractivity contribution is -0.207. The Kier molecular flexibility index (Phi) is 9.82. The Morgan fingerprint density at radius 2 is 1.85 bits per heavy atom. The summed E-state index contributed by atoms with van der Waals surface area (Å²) in [4.78, 5) is 42.9. The number of anilines is 1. The molecule has 1 saturated carbocycles. The maximum Gasteiger partial charge on any atom is 0.408 e. The minimum absolute atomic E-state index is 0.101. The molecule has 14 heteroatoms. The molecule has 2 aromatic rings. The molecule has 0 aromatic carbocycles. The predicted octanol–water partition coefficient (Wildman–Crippen LogP) is 4.37. The van der Waals surface area contributed by atoms with Crippen LogP contribution >= 0.6 is 0 Å². The smallest absolute Gasteiger partial charge is 0.408 e. The van der Waals surface area contributed by atoms with E-state index in [4.69, 9.17) is 23.7 Å². The number of carbonyl (C=O) groups is 3. The van der Waals surface area contributed by atoms with Gasteiger partial charge < -0.3 is 34.3 Å². The molecule has 5 rings (SSSR count). The molecule has 0 radical (unpaired) electrons. The molecule has 3 aliphatic rings. The highest BCUT2D eigenvalue weighted by Gasteiger charge is 2.65. The SMILES string of the molecule is CC(C)[C@H](NC(=O)OC(C)(C)C)C(=O)Nc1ncnn2c([C@]3(C#N)O[C@H](COC(=O)CC4CCCCC4)[C@H]4OC(C)(C)O[C@H]43)ccc12. The molecule has 256 valence electrons. The first-order chi connectivity index (χ1) is 22.1. The highest BCUT2D eigenvalue weighted by atomic mass is 16.8. The van der Waals surface area contributed by atoms with Crippen molar-refractivity contribution >= 4 is 29.3 Å². The number of nitrogens with zero attached hydrogens (tertiary/aromatic N) is 4. The second-order valence-electron chi connectivity index (χ2n) is 14.4. The van der Waals surface area contributed by atoms with E-state index < -0.39 is 53.3 Å². The summed E-state index contributed by atoms with van der Waals surface area (Å²) >= 11 is 0. The van der Waals surface area contributed by atoms with Crippen molar-refractivity contribution < 1.29 is 38.1 Å². The van der Waals surface area contributed by atoms with E-state index in [1.807, 2.05) is 0 Å². The van der Waals surface area contributed by atoms with Gasteiger partial charge in [0.15, 0.2) is 11.6 Å². The van der Waals surface area contributed by atoms with Gasteiger partial charge >= 0.3 is 12.1 Å². The van der Waals surface area contributed by atoms with Crippen molar-refractivity contribution in [1.29, 1.82) is 5.26 Å². The molecule has 1 aliphatic carbocycles. The number of alkyl carbamates (subject to hydrolysis) is 1. The largest absolute Gasteiger partial charge is 0.463 e. The van der Waals surface area contributed by atoms with Gasteiger partial charge in [-0.15, -0.1) is 0 Å². The number of rotatable bonds is 9. The number of aromatic nitrogens is 3. The zero-order valence-electron chi connectivity index (χ0n) is 28.2. The van der Waals surface area contributed by atoms with E-state index in [-0.39, 0.29) is 24.3 Å². The number of hydrogen-bond acceptors (Lipinski definition) is 11. The number of fused-ring (bicyclic) bond motifs is 2. The summed E-state index contributed by atoms with van der Waals surface area (Å²) in [7, 11) is 0. The van der Waals surface area contributed by atoms with Gasteiger partial charge in [-0.05, 0) is 71.4 Å². The monoisotopic (exact) mass is 654 g/mol. The molecule has 2 aliphatic heterocycles. The molecule has 5 atom stereocenters. The Balaban J connectivity index is 1.37. The van der Waals surface area contributed by atoms with Crippen molar-refractivity contribution in [3.05, 3.63) is 24.2 Å². The Bertz CT molecular complexity index is 1520. The Morgan fingerprint density at radius 1 is 1.13 bits per heavy atom. The van der Waals surface area contributed by atoms with E-state index >= 15 is 0 Å². The summed E-state index contributed by atoms with van der Waals surface area (Å²) in [5, 5.41) is 20.5. The highest BCUT2D eigenvalue weighted by molar-refractivity contribution is 5.98. The average molecular weight is 655 g/mol. The fourth-order valence-corrected chi connectivity index (χ4v) is 6.57. The molecule has 14 nitrogen and oxygen atoms in total. The number of amides is 2. The van der Waals surface area contributed by atoms with Crippen LogP contribution in [0.4, 0.5) is 10.6 Å². The van der Waals surface area contributed by atoms with Crippen LogP contribution in [0.5, 0.6) is 0 Å². The molecule has 4 heterocycles. The molecule has 2 saturated heterocycles. The van der Waals surface area contributed by atoms with Crippen LogP contribution in [0.25, 0.3) is 5.52 Å². The molecule has 2 amide bonds. The topological polar surface area (TPSA) is 175 Å². The molecule has 0 bridgehead atoms. The third kappa shape index (κ3) is 7.52. The van der Waals surface area contributed by atoms with Gasteiger partial charge in [-0.2, -0.15) is 10.4 Å². The van der Waals surface area contributed by atoms with Crippen LogP contribution in [0.2, 0.25) is 0 Å². The second kappa shape index (κ2) is 13.4. The number of nitriles is 1. The zero-order valence-corrected chi connectivity index (χ0v) is 28.2. The summed E-state index contributed by atoms with van der Waals surface area (Å²) in [5.41, 5.74) is -1.72. The molecule has 2 N–H and O–H groups in total. The van der Waals surface area contributed by atoms with Crippen molar-refractivity contribution in [2.45, 2.75) is 128 Å². The van der Waals surface area contributed by atoms with Crippen LogP contribution in [0.3, 0.4) is 0 Å². The van der Waals surface area contributed by atoms with Crippen molar-refractivity contribution in [3.63, 3.8) is 0 Å². The number of nitrogens with one attached hydrogen (secondary N) is 2. The summed E-state index contributed by atoms with van der Waals surface area (Å²) in [6, 6.07) is 4.69. The molecule has 47 heavy (non-hydrogen) atoms. The van der Waals surface area contributed by atoms with Crippen LogP contribution in [0.15, 0.2) is 18.5 Å². The fraction of sp³-hybridized carbons (Fsp3) is 0.697. The zero-order chi connectivity index (χ0) is 34.1. The molecule has 2 aromatic heterocycles. The van der Waals surface area contributed by atoms with Crippen LogP contribution in [0, 0.1) is 23.2 Å². The Labute approximate surface area is 274 Å². The lowest BCUT2D eigenvalue weighted by atomic mass is 9.87. The minimum atomic E-state index is -1.69. The predicted molar refractivity (Wildman–Crippen MR) is 168 cm³/mol. The summed E-state index contributed by atoms with van der Waals surface area (Å²) in [5.74, 6) is -1.63. The first-order valence-electron chi connectivity index (χ1n) is 16.4. The number of esters is 1. The van der Waals surface area contributed by atoms with Crippen LogP contribution in [-0.4, -0.2) is 74.9 Å². The third-order valence-electron chi connectivity index (χ3n) is 8.68. The van der Waals surface area contributed by atoms with Gasteiger partial charge in [0.2, 0.25) is 11.5 Å². The van der Waals surface area contributed by atoms with E-state index in [0.717, 1.165) is 25.7 Å². The number of carbonyl (C=O) groups excluding carboxylic acids is 3. The maximum absolute atomic E-state index is 13.4. The lowest BCUT2D eigenvalue weighted by Gasteiger charge is -2.29. The van der Waals surface area contributed by atoms with Crippen LogP contribution in [-0.2, 0) is 38.9 Å². The standard InChI is InChI=1S/C33H46N6O8/c1-19(2)25(37-30(42)47-31(3,4)5)29(41)38-28-21-13-14-23(39(21)36-18-35-28)33(17-34)27-26(45-32(6,7)46-27)22(44-33)16-43-24(40)15-20-11-9-8-10-12-20/h13-14,18-20,22,25-27H,8-12,15-16H2,1-7H3,(H,37,42)(H,35,36,38,41)/t22-,25+,26-,27-,33+/m1/s1. The molecule has 0 unspecified atom stereocenters. The third-order valence-corrected chi connectivity index (χ3v) is 8.68. The molecular weight excluding hydrogens is 608 g/mol. The summed E-state index contributed by atoms with van der Waals surface area (Å²) < 4.78 is 31.3. The van der Waals surface area contributed by atoms with E-state index in [0.29, 0.717) is 23.5 Å².